The van der Waals surface area contributed by atoms with E-state index in [1.807, 2.05) is 6.26 Å². The summed E-state index contributed by atoms with van der Waals surface area (Å²) >= 11 is 0. The van der Waals surface area contributed by atoms with E-state index in [-0.39, 0.29) is 0 Å². The SMILES string of the molecule is C1=COC(CNN2CCOCC2)CC1. The van der Waals surface area contributed by atoms with Crippen LogP contribution < -0.4 is 5.43 Å². The van der Waals surface area contributed by atoms with E-state index >= 15 is 0 Å². The van der Waals surface area contributed by atoms with E-state index in [1.54, 1.807) is 0 Å². The fraction of sp³-hybridized carbons (Fsp3) is 0.800. The van der Waals surface area contributed by atoms with Crippen molar-refractivity contribution < 1.29 is 9.47 Å². The molecule has 1 unspecified atom stereocenters. The van der Waals surface area contributed by atoms with Gasteiger partial charge in [0.05, 0.1) is 19.5 Å². The molecule has 1 fully saturated rings. The van der Waals surface area contributed by atoms with Gasteiger partial charge < -0.3 is 9.47 Å². The van der Waals surface area contributed by atoms with E-state index < -0.39 is 0 Å². The van der Waals surface area contributed by atoms with E-state index in [9.17, 15) is 0 Å². The average Bonchev–Trinajstić information content (AvgIpc) is 2.29. The van der Waals surface area contributed by atoms with Gasteiger partial charge >= 0.3 is 0 Å². The van der Waals surface area contributed by atoms with Crippen molar-refractivity contribution in [1.29, 1.82) is 0 Å². The third-order valence-electron chi connectivity index (χ3n) is 2.58. The van der Waals surface area contributed by atoms with Crippen molar-refractivity contribution in [2.24, 2.45) is 0 Å². The molecule has 2 aliphatic heterocycles. The Morgan fingerprint density at radius 3 is 2.93 bits per heavy atom. The highest BCUT2D eigenvalue weighted by molar-refractivity contribution is 4.82. The second kappa shape index (κ2) is 5.34. The average molecular weight is 198 g/mol. The molecule has 0 amide bonds. The Morgan fingerprint density at radius 2 is 2.21 bits per heavy atom. The van der Waals surface area contributed by atoms with Crippen LogP contribution in [0.5, 0.6) is 0 Å². The zero-order valence-electron chi connectivity index (χ0n) is 8.45. The Bertz CT molecular complexity index is 191. The van der Waals surface area contributed by atoms with Gasteiger partial charge in [-0.1, -0.05) is 0 Å². The van der Waals surface area contributed by atoms with Crippen LogP contribution in [0.15, 0.2) is 12.3 Å². The molecule has 1 atom stereocenters. The van der Waals surface area contributed by atoms with Gasteiger partial charge in [0.1, 0.15) is 6.10 Å². The summed E-state index contributed by atoms with van der Waals surface area (Å²) in [7, 11) is 0. The maximum Gasteiger partial charge on any atom is 0.112 e. The Morgan fingerprint density at radius 1 is 1.36 bits per heavy atom. The Hall–Kier alpha value is -0.580. The molecule has 0 aliphatic carbocycles. The highest BCUT2D eigenvalue weighted by atomic mass is 16.5. The van der Waals surface area contributed by atoms with Gasteiger partial charge in [-0.3, -0.25) is 5.43 Å². The van der Waals surface area contributed by atoms with Crippen LogP contribution in [-0.2, 0) is 9.47 Å². The fourth-order valence-corrected chi connectivity index (χ4v) is 1.69. The van der Waals surface area contributed by atoms with E-state index in [0.29, 0.717) is 6.10 Å². The molecule has 0 saturated carbocycles. The van der Waals surface area contributed by atoms with Crippen molar-refractivity contribution in [2.75, 3.05) is 32.8 Å². The van der Waals surface area contributed by atoms with Crippen molar-refractivity contribution in [2.45, 2.75) is 18.9 Å². The van der Waals surface area contributed by atoms with E-state index in [2.05, 4.69) is 16.5 Å². The second-order valence-electron chi connectivity index (χ2n) is 3.67. The third kappa shape index (κ3) is 2.97. The first-order valence-electron chi connectivity index (χ1n) is 5.32. The molecule has 1 saturated heterocycles. The minimum Gasteiger partial charge on any atom is -0.497 e. The number of nitrogens with one attached hydrogen (secondary N) is 1. The fourth-order valence-electron chi connectivity index (χ4n) is 1.69. The number of rotatable bonds is 3. The van der Waals surface area contributed by atoms with Crippen LogP contribution in [0.2, 0.25) is 0 Å². The largest absolute Gasteiger partial charge is 0.497 e. The lowest BCUT2D eigenvalue weighted by Gasteiger charge is -2.29. The van der Waals surface area contributed by atoms with Gasteiger partial charge in [-0.2, -0.15) is 0 Å². The minimum absolute atomic E-state index is 0.336. The molecule has 1 N–H and O–H groups in total. The maximum atomic E-state index is 5.47. The zero-order chi connectivity index (χ0) is 9.64. The Balaban J connectivity index is 1.63. The maximum absolute atomic E-state index is 5.47. The van der Waals surface area contributed by atoms with Gasteiger partial charge in [0.25, 0.3) is 0 Å². The van der Waals surface area contributed by atoms with Gasteiger partial charge in [0.15, 0.2) is 0 Å². The van der Waals surface area contributed by atoms with Crippen LogP contribution in [0.3, 0.4) is 0 Å². The summed E-state index contributed by atoms with van der Waals surface area (Å²) in [4.78, 5) is 0. The van der Waals surface area contributed by atoms with E-state index in [0.717, 1.165) is 45.7 Å². The van der Waals surface area contributed by atoms with Gasteiger partial charge in [-0.15, -0.1) is 0 Å². The van der Waals surface area contributed by atoms with Crippen molar-refractivity contribution in [3.05, 3.63) is 12.3 Å². The molecular formula is C10H18N2O2. The van der Waals surface area contributed by atoms with E-state index in [1.165, 1.54) is 0 Å². The molecule has 0 radical (unpaired) electrons. The number of allylic oxidation sites excluding steroid dienone is 1. The number of hydrogen-bond acceptors (Lipinski definition) is 4. The van der Waals surface area contributed by atoms with Crippen LogP contribution in [0.25, 0.3) is 0 Å². The first-order valence-corrected chi connectivity index (χ1v) is 5.32. The number of hydrogen-bond donors (Lipinski definition) is 1. The minimum atomic E-state index is 0.336. The molecule has 14 heavy (non-hydrogen) atoms. The molecule has 2 rings (SSSR count). The van der Waals surface area contributed by atoms with Crippen molar-refractivity contribution >= 4 is 0 Å². The molecule has 0 spiro atoms. The van der Waals surface area contributed by atoms with Crippen LogP contribution in [0.1, 0.15) is 12.8 Å². The quantitative estimate of drug-likeness (QED) is 0.716. The van der Waals surface area contributed by atoms with Gasteiger partial charge in [-0.05, 0) is 18.9 Å². The number of nitrogens with zero attached hydrogens (tertiary/aromatic N) is 1. The van der Waals surface area contributed by atoms with Crippen LogP contribution in [-0.4, -0.2) is 44.0 Å². The highest BCUT2D eigenvalue weighted by Gasteiger charge is 2.14. The lowest BCUT2D eigenvalue weighted by molar-refractivity contribution is 0.000337. The first-order chi connectivity index (χ1) is 6.95. The summed E-state index contributed by atoms with van der Waals surface area (Å²) in [6.45, 7) is 4.52. The second-order valence-corrected chi connectivity index (χ2v) is 3.67. The number of morpholine rings is 1. The normalized spacial score (nSPS) is 28.7. The predicted octanol–water partition coefficient (Wildman–Crippen LogP) is 0.516. The molecule has 4 heteroatoms. The van der Waals surface area contributed by atoms with Crippen molar-refractivity contribution in [3.63, 3.8) is 0 Å². The topological polar surface area (TPSA) is 33.7 Å². The first kappa shape index (κ1) is 9.96. The molecule has 0 aromatic rings. The van der Waals surface area contributed by atoms with Crippen LogP contribution in [0.4, 0.5) is 0 Å². The molecule has 0 aromatic heterocycles. The molecule has 80 valence electrons. The molecular weight excluding hydrogens is 180 g/mol. The number of hydrazine groups is 1. The van der Waals surface area contributed by atoms with Crippen LogP contribution in [0, 0.1) is 0 Å². The summed E-state index contributed by atoms with van der Waals surface area (Å²) in [5, 5.41) is 2.21. The summed E-state index contributed by atoms with van der Waals surface area (Å²) in [6, 6.07) is 0. The third-order valence-corrected chi connectivity index (χ3v) is 2.58. The Kier molecular flexibility index (Phi) is 3.80. The van der Waals surface area contributed by atoms with Gasteiger partial charge in [0.2, 0.25) is 0 Å². The molecule has 2 aliphatic rings. The predicted molar refractivity (Wildman–Crippen MR) is 53.6 cm³/mol. The summed E-state index contributed by atoms with van der Waals surface area (Å²) in [5.74, 6) is 0. The standard InChI is InChI=1S/C10H18N2O2/c1-2-6-14-10(3-1)9-11-12-4-7-13-8-5-12/h2,6,10-11H,1,3-5,7-9H2. The summed E-state index contributed by atoms with van der Waals surface area (Å²) < 4.78 is 10.7. The Labute approximate surface area is 84.8 Å². The van der Waals surface area contributed by atoms with Crippen LogP contribution >= 0.6 is 0 Å². The lowest BCUT2D eigenvalue weighted by Crippen LogP contribution is -2.48. The summed E-state index contributed by atoms with van der Waals surface area (Å²) in [6.07, 6.45) is 6.48. The van der Waals surface area contributed by atoms with Gasteiger partial charge in [-0.25, -0.2) is 5.01 Å². The zero-order valence-corrected chi connectivity index (χ0v) is 8.45. The smallest absolute Gasteiger partial charge is 0.112 e. The van der Waals surface area contributed by atoms with Gasteiger partial charge in [0, 0.05) is 19.6 Å². The van der Waals surface area contributed by atoms with Crippen molar-refractivity contribution in [1.82, 2.24) is 10.4 Å². The molecule has 0 aromatic carbocycles. The molecule has 4 nitrogen and oxygen atoms in total. The van der Waals surface area contributed by atoms with Crippen molar-refractivity contribution in [3.8, 4) is 0 Å². The molecule has 0 bridgehead atoms. The lowest BCUT2D eigenvalue weighted by atomic mass is 10.2. The van der Waals surface area contributed by atoms with E-state index in [4.69, 9.17) is 9.47 Å². The monoisotopic (exact) mass is 198 g/mol. The number of ether oxygens (including phenoxy) is 2. The highest BCUT2D eigenvalue weighted by Crippen LogP contribution is 2.09. The molecule has 2 heterocycles. The summed E-state index contributed by atoms with van der Waals surface area (Å²) in [5.41, 5.74) is 3.39.